The molecule has 1 atom stereocenters. The van der Waals surface area contributed by atoms with Crippen molar-refractivity contribution in [2.75, 3.05) is 13.7 Å². The lowest BCUT2D eigenvalue weighted by molar-refractivity contribution is 0.0939. The molecule has 0 unspecified atom stereocenters. The highest BCUT2D eigenvalue weighted by Crippen LogP contribution is 2.29. The van der Waals surface area contributed by atoms with E-state index in [1.165, 1.54) is 6.33 Å². The smallest absolute Gasteiger partial charge is 0.251 e. The van der Waals surface area contributed by atoms with E-state index in [4.69, 9.17) is 9.47 Å². The molecule has 0 fully saturated rings. The molecule has 0 saturated carbocycles. The first-order valence-corrected chi connectivity index (χ1v) is 9.54. The number of methoxy groups -OCH3 is 1. The number of nitrogens with one attached hydrogen (secondary N) is 1. The molecule has 152 valence electrons. The molecule has 0 aliphatic carbocycles. The zero-order valence-corrected chi connectivity index (χ0v) is 17.1. The van der Waals surface area contributed by atoms with Crippen molar-refractivity contribution in [3.05, 3.63) is 66.2 Å². The predicted molar refractivity (Wildman–Crippen MR) is 111 cm³/mol. The van der Waals surface area contributed by atoms with Crippen LogP contribution in [0.2, 0.25) is 0 Å². The van der Waals surface area contributed by atoms with E-state index in [1.54, 1.807) is 36.3 Å². The Bertz CT molecular complexity index is 937. The van der Waals surface area contributed by atoms with Gasteiger partial charge in [-0.3, -0.25) is 4.79 Å². The molecule has 7 nitrogen and oxygen atoms in total. The Morgan fingerprint density at radius 1 is 1.10 bits per heavy atom. The molecule has 3 rings (SSSR count). The van der Waals surface area contributed by atoms with Crippen LogP contribution in [0.3, 0.4) is 0 Å². The number of carbonyl (C=O) groups is 1. The maximum atomic E-state index is 12.7. The first-order valence-electron chi connectivity index (χ1n) is 9.54. The summed E-state index contributed by atoms with van der Waals surface area (Å²) in [5.41, 5.74) is 2.42. The topological polar surface area (TPSA) is 78.3 Å². The zero-order chi connectivity index (χ0) is 20.8. The van der Waals surface area contributed by atoms with Crippen molar-refractivity contribution < 1.29 is 14.3 Å². The van der Waals surface area contributed by atoms with Crippen molar-refractivity contribution in [1.82, 2.24) is 20.1 Å². The van der Waals surface area contributed by atoms with Gasteiger partial charge < -0.3 is 14.8 Å². The number of rotatable bonds is 8. The van der Waals surface area contributed by atoms with Crippen molar-refractivity contribution >= 4 is 5.91 Å². The van der Waals surface area contributed by atoms with E-state index in [0.29, 0.717) is 29.6 Å². The average molecular weight is 394 g/mol. The van der Waals surface area contributed by atoms with Crippen LogP contribution < -0.4 is 14.8 Å². The molecule has 2 aromatic carbocycles. The molecule has 1 heterocycles. The van der Waals surface area contributed by atoms with E-state index in [9.17, 15) is 4.79 Å². The van der Waals surface area contributed by atoms with Gasteiger partial charge in [0, 0.05) is 5.56 Å². The van der Waals surface area contributed by atoms with E-state index >= 15 is 0 Å². The molecule has 7 heteroatoms. The number of amides is 1. The summed E-state index contributed by atoms with van der Waals surface area (Å²) in [5, 5.41) is 7.13. The normalized spacial score (nSPS) is 11.9. The van der Waals surface area contributed by atoms with E-state index < -0.39 is 0 Å². The number of nitrogens with zero attached hydrogens (tertiary/aromatic N) is 3. The lowest BCUT2D eigenvalue weighted by Gasteiger charge is -2.16. The molecule has 0 radical (unpaired) electrons. The minimum atomic E-state index is -0.174. The maximum absolute atomic E-state index is 12.7. The Balaban J connectivity index is 1.67. The van der Waals surface area contributed by atoms with Crippen molar-refractivity contribution in [2.24, 2.45) is 5.92 Å². The molecule has 1 aromatic heterocycles. The van der Waals surface area contributed by atoms with Gasteiger partial charge in [-0.1, -0.05) is 26.0 Å². The highest BCUT2D eigenvalue weighted by Gasteiger charge is 2.15. The lowest BCUT2D eigenvalue weighted by atomic mass is 10.1. The minimum absolute atomic E-state index is 0.157. The summed E-state index contributed by atoms with van der Waals surface area (Å²) in [4.78, 5) is 16.6. The largest absolute Gasteiger partial charge is 0.493 e. The monoisotopic (exact) mass is 394 g/mol. The Morgan fingerprint density at radius 2 is 1.86 bits per heavy atom. The number of aromatic nitrogens is 3. The van der Waals surface area contributed by atoms with Gasteiger partial charge in [-0.15, -0.1) is 0 Å². The Morgan fingerprint density at radius 3 is 2.48 bits per heavy atom. The molecule has 0 spiro atoms. The number of carbonyl (C=O) groups excluding carboxylic acids is 1. The third kappa shape index (κ3) is 5.13. The van der Waals surface area contributed by atoms with Crippen molar-refractivity contribution in [2.45, 2.75) is 26.8 Å². The standard InChI is InChI=1S/C22H26N4O3/c1-15(2)12-29-20-10-7-18(11-21(20)28-4)22(27)25-16(3)17-5-8-19(9-6-17)26-14-23-13-24-26/h5-11,13-16H,12H2,1-4H3,(H,25,27)/t16-/m1/s1. The highest BCUT2D eigenvalue weighted by molar-refractivity contribution is 5.95. The summed E-state index contributed by atoms with van der Waals surface area (Å²) in [6.45, 7) is 6.69. The second-order valence-electron chi connectivity index (χ2n) is 7.20. The van der Waals surface area contributed by atoms with Gasteiger partial charge in [0.2, 0.25) is 0 Å². The van der Waals surface area contributed by atoms with Crippen molar-refractivity contribution in [3.63, 3.8) is 0 Å². The molecule has 0 bridgehead atoms. The fourth-order valence-electron chi connectivity index (χ4n) is 2.81. The Labute approximate surface area is 170 Å². The second kappa shape index (κ2) is 9.23. The number of benzene rings is 2. The van der Waals surface area contributed by atoms with E-state index in [0.717, 1.165) is 11.3 Å². The average Bonchev–Trinajstić information content (AvgIpc) is 3.27. The molecule has 1 N–H and O–H groups in total. The summed E-state index contributed by atoms with van der Waals surface area (Å²) >= 11 is 0. The number of hydrogen-bond acceptors (Lipinski definition) is 5. The van der Waals surface area contributed by atoms with Crippen molar-refractivity contribution in [1.29, 1.82) is 0 Å². The maximum Gasteiger partial charge on any atom is 0.251 e. The highest BCUT2D eigenvalue weighted by atomic mass is 16.5. The number of ether oxygens (including phenoxy) is 2. The van der Waals surface area contributed by atoms with Crippen LogP contribution in [0.25, 0.3) is 5.69 Å². The third-order valence-electron chi connectivity index (χ3n) is 4.42. The third-order valence-corrected chi connectivity index (χ3v) is 4.42. The first-order chi connectivity index (χ1) is 14.0. The summed E-state index contributed by atoms with van der Waals surface area (Å²) < 4.78 is 12.8. The number of hydrogen-bond donors (Lipinski definition) is 1. The molecule has 1 amide bonds. The van der Waals surface area contributed by atoms with E-state index in [1.807, 2.05) is 31.2 Å². The Hall–Kier alpha value is -3.35. The molecular weight excluding hydrogens is 368 g/mol. The van der Waals surface area contributed by atoms with Gasteiger partial charge in [-0.25, -0.2) is 9.67 Å². The van der Waals surface area contributed by atoms with Gasteiger partial charge in [0.25, 0.3) is 5.91 Å². The minimum Gasteiger partial charge on any atom is -0.493 e. The fraction of sp³-hybridized carbons (Fsp3) is 0.318. The van der Waals surface area contributed by atoms with Crippen LogP contribution in [-0.4, -0.2) is 34.4 Å². The Kier molecular flexibility index (Phi) is 6.49. The van der Waals surface area contributed by atoms with Crippen LogP contribution >= 0.6 is 0 Å². The molecular formula is C22H26N4O3. The summed E-state index contributed by atoms with van der Waals surface area (Å²) in [5.74, 6) is 1.41. The fourth-order valence-corrected chi connectivity index (χ4v) is 2.81. The van der Waals surface area contributed by atoms with E-state index in [-0.39, 0.29) is 11.9 Å². The summed E-state index contributed by atoms with van der Waals surface area (Å²) in [6.07, 6.45) is 3.13. The van der Waals surface area contributed by atoms with Gasteiger partial charge in [-0.05, 0) is 48.7 Å². The molecule has 3 aromatic rings. The van der Waals surface area contributed by atoms with Gasteiger partial charge in [0.1, 0.15) is 12.7 Å². The predicted octanol–water partition coefficient (Wildman–Crippen LogP) is 3.80. The molecule has 29 heavy (non-hydrogen) atoms. The van der Waals surface area contributed by atoms with E-state index in [2.05, 4.69) is 29.2 Å². The van der Waals surface area contributed by atoms with Crippen LogP contribution in [0.15, 0.2) is 55.1 Å². The molecule has 0 aliphatic rings. The van der Waals surface area contributed by atoms with Crippen molar-refractivity contribution in [3.8, 4) is 17.2 Å². The van der Waals surface area contributed by atoms with Crippen LogP contribution in [0.4, 0.5) is 0 Å². The van der Waals surface area contributed by atoms with Crippen LogP contribution in [-0.2, 0) is 0 Å². The molecule has 0 saturated heterocycles. The van der Waals surface area contributed by atoms with Crippen LogP contribution in [0.1, 0.15) is 42.7 Å². The second-order valence-corrected chi connectivity index (χ2v) is 7.20. The van der Waals surface area contributed by atoms with Gasteiger partial charge >= 0.3 is 0 Å². The van der Waals surface area contributed by atoms with Crippen LogP contribution in [0, 0.1) is 5.92 Å². The first kappa shape index (κ1) is 20.4. The lowest BCUT2D eigenvalue weighted by Crippen LogP contribution is -2.26. The SMILES string of the molecule is COc1cc(C(=O)N[C@H](C)c2ccc(-n3cncn3)cc2)ccc1OCC(C)C. The van der Waals surface area contributed by atoms with Gasteiger partial charge in [0.15, 0.2) is 11.5 Å². The zero-order valence-electron chi connectivity index (χ0n) is 17.1. The summed E-state index contributed by atoms with van der Waals surface area (Å²) in [7, 11) is 1.57. The summed E-state index contributed by atoms with van der Waals surface area (Å²) in [6, 6.07) is 12.9. The quantitative estimate of drug-likeness (QED) is 0.629. The van der Waals surface area contributed by atoms with Gasteiger partial charge in [0.05, 0.1) is 25.4 Å². The van der Waals surface area contributed by atoms with Crippen LogP contribution in [0.5, 0.6) is 11.5 Å². The molecule has 0 aliphatic heterocycles. The van der Waals surface area contributed by atoms with Gasteiger partial charge in [-0.2, -0.15) is 5.10 Å².